The molecule has 0 N–H and O–H groups in total. The van der Waals surface area contributed by atoms with Crippen LogP contribution in [0.4, 0.5) is 0 Å². The Hall–Kier alpha value is -1.28. The third-order valence-corrected chi connectivity index (χ3v) is 3.55. The first-order valence-corrected chi connectivity index (χ1v) is 7.16. The van der Waals surface area contributed by atoms with Gasteiger partial charge in [0.05, 0.1) is 0 Å². The molecule has 0 bridgehead atoms. The average molecular weight is 260 g/mol. The summed E-state index contributed by atoms with van der Waals surface area (Å²) in [5.74, 6) is 1.01. The lowest BCUT2D eigenvalue weighted by molar-refractivity contribution is -0.104. The molecule has 0 aliphatic carbocycles. The van der Waals surface area contributed by atoms with Crippen LogP contribution in [0.5, 0.6) is 0 Å². The van der Waals surface area contributed by atoms with Crippen molar-refractivity contribution in [3.05, 3.63) is 53.6 Å². The maximum atomic E-state index is 10.4. The van der Waals surface area contributed by atoms with E-state index in [4.69, 9.17) is 0 Å². The molecular formula is C16H20OS. The average Bonchev–Trinajstić information content (AvgIpc) is 2.39. The van der Waals surface area contributed by atoms with Crippen LogP contribution in [0.25, 0.3) is 0 Å². The van der Waals surface area contributed by atoms with Gasteiger partial charge < -0.3 is 0 Å². The maximum Gasteiger partial charge on any atom is 0.145 e. The summed E-state index contributed by atoms with van der Waals surface area (Å²) in [6.45, 7) is 3.99. The molecule has 96 valence electrons. The van der Waals surface area contributed by atoms with E-state index in [-0.39, 0.29) is 0 Å². The van der Waals surface area contributed by atoms with Crippen LogP contribution in [0.1, 0.15) is 26.7 Å². The molecule has 1 nitrogen and oxygen atoms in total. The van der Waals surface area contributed by atoms with E-state index in [0.29, 0.717) is 0 Å². The lowest BCUT2D eigenvalue weighted by Gasteiger charge is -2.00. The van der Waals surface area contributed by atoms with E-state index < -0.39 is 0 Å². The van der Waals surface area contributed by atoms with Crippen LogP contribution in [0.3, 0.4) is 0 Å². The van der Waals surface area contributed by atoms with Gasteiger partial charge in [0.15, 0.2) is 0 Å². The van der Waals surface area contributed by atoms with E-state index in [1.54, 1.807) is 0 Å². The van der Waals surface area contributed by atoms with Crippen molar-refractivity contribution >= 4 is 18.0 Å². The quantitative estimate of drug-likeness (QED) is 0.307. The van der Waals surface area contributed by atoms with Gasteiger partial charge >= 0.3 is 0 Å². The number of hydrogen-bond donors (Lipinski definition) is 0. The first kappa shape index (κ1) is 14.8. The Morgan fingerprint density at radius 1 is 1.17 bits per heavy atom. The van der Waals surface area contributed by atoms with Crippen LogP contribution in [0, 0.1) is 0 Å². The van der Waals surface area contributed by atoms with Crippen molar-refractivity contribution in [2.24, 2.45) is 0 Å². The minimum atomic E-state index is 0.821. The molecule has 0 saturated heterocycles. The number of allylic oxidation sites excluding steroid dienone is 3. The van der Waals surface area contributed by atoms with Crippen molar-refractivity contribution < 1.29 is 4.79 Å². The van der Waals surface area contributed by atoms with Crippen molar-refractivity contribution in [3.8, 4) is 0 Å². The normalized spacial score (nSPS) is 12.6. The predicted molar refractivity (Wildman–Crippen MR) is 80.0 cm³/mol. The van der Waals surface area contributed by atoms with Gasteiger partial charge in [-0.3, -0.25) is 4.79 Å². The standard InChI is InChI=1S/C16H20OS/c1-14(7-6-8-15(2)13-17)11-12-18-16-9-4-3-5-10-16/h3-5,8-11,13H,6-7,12H2,1-2H3/b14-11+,15-8+. The molecular weight excluding hydrogens is 240 g/mol. The summed E-state index contributed by atoms with van der Waals surface area (Å²) < 4.78 is 0. The highest BCUT2D eigenvalue weighted by Gasteiger charge is 1.92. The molecule has 0 saturated carbocycles. The van der Waals surface area contributed by atoms with Crippen LogP contribution in [0.2, 0.25) is 0 Å². The number of thioether (sulfide) groups is 1. The Bertz CT molecular complexity index is 418. The van der Waals surface area contributed by atoms with E-state index in [0.717, 1.165) is 30.5 Å². The summed E-state index contributed by atoms with van der Waals surface area (Å²) in [7, 11) is 0. The van der Waals surface area contributed by atoms with E-state index in [1.807, 2.05) is 30.8 Å². The SMILES string of the molecule is C/C(C=O)=C\CC/C(C)=C/CSc1ccccc1. The highest BCUT2D eigenvalue weighted by molar-refractivity contribution is 7.99. The number of carbonyl (C=O) groups excluding carboxylic acids is 1. The highest BCUT2D eigenvalue weighted by Crippen LogP contribution is 2.18. The van der Waals surface area contributed by atoms with Crippen molar-refractivity contribution in [1.82, 2.24) is 0 Å². The fourth-order valence-electron chi connectivity index (χ4n) is 1.47. The molecule has 0 spiro atoms. The molecule has 0 fully saturated rings. The van der Waals surface area contributed by atoms with Gasteiger partial charge in [-0.2, -0.15) is 0 Å². The van der Waals surface area contributed by atoms with Crippen molar-refractivity contribution in [2.75, 3.05) is 5.75 Å². The van der Waals surface area contributed by atoms with Crippen molar-refractivity contribution in [1.29, 1.82) is 0 Å². The van der Waals surface area contributed by atoms with Crippen LogP contribution in [-0.2, 0) is 4.79 Å². The minimum absolute atomic E-state index is 0.821. The smallest absolute Gasteiger partial charge is 0.145 e. The van der Waals surface area contributed by atoms with Gasteiger partial charge in [0.2, 0.25) is 0 Å². The zero-order valence-corrected chi connectivity index (χ0v) is 11.9. The van der Waals surface area contributed by atoms with Crippen LogP contribution in [-0.4, -0.2) is 12.0 Å². The molecule has 0 radical (unpaired) electrons. The third kappa shape index (κ3) is 6.45. The van der Waals surface area contributed by atoms with E-state index in [2.05, 4.69) is 37.3 Å². The maximum absolute atomic E-state index is 10.4. The minimum Gasteiger partial charge on any atom is -0.298 e. The van der Waals surface area contributed by atoms with Gasteiger partial charge in [0, 0.05) is 10.6 Å². The molecule has 2 heteroatoms. The predicted octanol–water partition coefficient (Wildman–Crippen LogP) is 4.65. The van der Waals surface area contributed by atoms with Crippen LogP contribution in [0.15, 0.2) is 58.5 Å². The van der Waals surface area contributed by atoms with Crippen molar-refractivity contribution in [2.45, 2.75) is 31.6 Å². The first-order valence-electron chi connectivity index (χ1n) is 6.18. The lowest BCUT2D eigenvalue weighted by atomic mass is 10.1. The molecule has 1 aromatic rings. The third-order valence-electron chi connectivity index (χ3n) is 2.62. The molecule has 0 atom stereocenters. The van der Waals surface area contributed by atoms with Crippen LogP contribution < -0.4 is 0 Å². The molecule has 1 aromatic carbocycles. The molecule has 1 rings (SSSR count). The van der Waals surface area contributed by atoms with Gasteiger partial charge in [-0.15, -0.1) is 11.8 Å². The summed E-state index contributed by atoms with van der Waals surface area (Å²) in [5, 5.41) is 0. The Balaban J connectivity index is 2.28. The Kier molecular flexibility index (Phi) is 7.19. The second-order valence-corrected chi connectivity index (χ2v) is 5.37. The molecule has 0 aliphatic heterocycles. The van der Waals surface area contributed by atoms with Crippen molar-refractivity contribution in [3.63, 3.8) is 0 Å². The fraction of sp³-hybridized carbons (Fsp3) is 0.312. The molecule has 0 heterocycles. The summed E-state index contributed by atoms with van der Waals surface area (Å²) >= 11 is 1.85. The number of carbonyl (C=O) groups is 1. The molecule has 0 amide bonds. The number of aldehydes is 1. The van der Waals surface area contributed by atoms with Gasteiger partial charge in [-0.05, 0) is 44.4 Å². The number of benzene rings is 1. The molecule has 0 aromatic heterocycles. The Morgan fingerprint density at radius 3 is 2.56 bits per heavy atom. The topological polar surface area (TPSA) is 17.1 Å². The van der Waals surface area contributed by atoms with Gasteiger partial charge in [0.1, 0.15) is 6.29 Å². The largest absolute Gasteiger partial charge is 0.298 e. The fourth-order valence-corrected chi connectivity index (χ4v) is 2.38. The first-order chi connectivity index (χ1) is 8.72. The number of hydrogen-bond acceptors (Lipinski definition) is 2. The van der Waals surface area contributed by atoms with Gasteiger partial charge in [0.25, 0.3) is 0 Å². The zero-order valence-electron chi connectivity index (χ0n) is 11.1. The number of rotatable bonds is 7. The second-order valence-electron chi connectivity index (χ2n) is 4.28. The highest BCUT2D eigenvalue weighted by atomic mass is 32.2. The summed E-state index contributed by atoms with van der Waals surface area (Å²) in [6.07, 6.45) is 7.14. The molecule has 0 unspecified atom stereocenters. The molecule has 18 heavy (non-hydrogen) atoms. The van der Waals surface area contributed by atoms with Crippen LogP contribution >= 0.6 is 11.8 Å². The Labute approximate surface area is 114 Å². The van der Waals surface area contributed by atoms with E-state index in [1.165, 1.54) is 10.5 Å². The lowest BCUT2D eigenvalue weighted by Crippen LogP contribution is -1.82. The van der Waals surface area contributed by atoms with E-state index >= 15 is 0 Å². The van der Waals surface area contributed by atoms with Gasteiger partial charge in [-0.25, -0.2) is 0 Å². The molecule has 0 aliphatic rings. The summed E-state index contributed by atoms with van der Waals surface area (Å²) in [6, 6.07) is 10.4. The van der Waals surface area contributed by atoms with Gasteiger partial charge in [-0.1, -0.05) is 35.9 Å². The van der Waals surface area contributed by atoms with E-state index in [9.17, 15) is 4.79 Å². The monoisotopic (exact) mass is 260 g/mol. The summed E-state index contributed by atoms with van der Waals surface area (Å²) in [4.78, 5) is 11.7. The Morgan fingerprint density at radius 2 is 1.89 bits per heavy atom. The second kappa shape index (κ2) is 8.76. The zero-order chi connectivity index (χ0) is 13.2. The summed E-state index contributed by atoms with van der Waals surface area (Å²) in [5.41, 5.74) is 2.20.